The Morgan fingerprint density at radius 2 is 2.31 bits per heavy atom. The minimum Gasteiger partial charge on any atom is -0.395 e. The molecule has 1 fully saturated rings. The molecule has 0 amide bonds. The summed E-state index contributed by atoms with van der Waals surface area (Å²) in [6.07, 6.45) is 2.01. The van der Waals surface area contributed by atoms with Crippen LogP contribution in [0.5, 0.6) is 0 Å². The van der Waals surface area contributed by atoms with Gasteiger partial charge in [0, 0.05) is 26.2 Å². The molecule has 0 aromatic carbocycles. The quantitative estimate of drug-likeness (QED) is 0.405. The third-order valence-corrected chi connectivity index (χ3v) is 3.07. The van der Waals surface area contributed by atoms with Gasteiger partial charge < -0.3 is 26.2 Å². The van der Waals surface area contributed by atoms with E-state index < -0.39 is 6.10 Å². The molecule has 5 heteroatoms. The average molecular weight is 231 g/mol. The van der Waals surface area contributed by atoms with Crippen LogP contribution in [0.1, 0.15) is 12.8 Å². The highest BCUT2D eigenvalue weighted by Crippen LogP contribution is 2.15. The fourth-order valence-electron chi connectivity index (χ4n) is 2.24. The van der Waals surface area contributed by atoms with Crippen molar-refractivity contribution in [2.45, 2.75) is 18.9 Å². The second-order valence-corrected chi connectivity index (χ2v) is 4.59. The normalized spacial score (nSPS) is 24.6. The summed E-state index contributed by atoms with van der Waals surface area (Å²) >= 11 is 0. The number of hydrogen-bond acceptors (Lipinski definition) is 5. The lowest BCUT2D eigenvalue weighted by Gasteiger charge is -2.33. The molecule has 5 nitrogen and oxygen atoms in total. The summed E-state index contributed by atoms with van der Waals surface area (Å²) < 4.78 is 0. The van der Waals surface area contributed by atoms with Crippen LogP contribution < -0.4 is 11.1 Å². The van der Waals surface area contributed by atoms with Crippen molar-refractivity contribution in [1.29, 1.82) is 0 Å². The predicted octanol–water partition coefficient (Wildman–Crippen LogP) is -1.40. The van der Waals surface area contributed by atoms with Gasteiger partial charge in [0.05, 0.1) is 12.7 Å². The minimum atomic E-state index is -0.399. The number of piperidine rings is 1. The molecule has 0 aromatic heterocycles. The lowest BCUT2D eigenvalue weighted by molar-refractivity contribution is 0.0886. The summed E-state index contributed by atoms with van der Waals surface area (Å²) in [5.74, 6) is 0.630. The number of hydrogen-bond donors (Lipinski definition) is 4. The molecule has 1 heterocycles. The third kappa shape index (κ3) is 5.23. The van der Waals surface area contributed by atoms with E-state index in [9.17, 15) is 5.11 Å². The Labute approximate surface area is 97.6 Å². The molecule has 0 aromatic rings. The first kappa shape index (κ1) is 13.9. The summed E-state index contributed by atoms with van der Waals surface area (Å²) in [6.45, 7) is 4.93. The van der Waals surface area contributed by atoms with Gasteiger partial charge in [-0.25, -0.2) is 0 Å². The molecule has 16 heavy (non-hydrogen) atoms. The molecule has 2 unspecified atom stereocenters. The lowest BCUT2D eigenvalue weighted by Crippen LogP contribution is -2.44. The smallest absolute Gasteiger partial charge is 0.0789 e. The van der Waals surface area contributed by atoms with E-state index in [2.05, 4.69) is 10.2 Å². The Bertz CT molecular complexity index is 181. The molecule has 5 N–H and O–H groups in total. The van der Waals surface area contributed by atoms with E-state index in [4.69, 9.17) is 10.8 Å². The van der Waals surface area contributed by atoms with Gasteiger partial charge in [-0.3, -0.25) is 0 Å². The zero-order valence-corrected chi connectivity index (χ0v) is 9.94. The highest BCUT2D eigenvalue weighted by atomic mass is 16.3. The van der Waals surface area contributed by atoms with Crippen LogP contribution in [0, 0.1) is 5.92 Å². The molecule has 96 valence electrons. The van der Waals surface area contributed by atoms with Crippen molar-refractivity contribution in [2.24, 2.45) is 11.7 Å². The Kier molecular flexibility index (Phi) is 6.91. The van der Waals surface area contributed by atoms with Crippen LogP contribution in [-0.2, 0) is 0 Å². The van der Waals surface area contributed by atoms with E-state index in [0.29, 0.717) is 25.6 Å². The van der Waals surface area contributed by atoms with Crippen molar-refractivity contribution in [3.8, 4) is 0 Å². The van der Waals surface area contributed by atoms with E-state index >= 15 is 0 Å². The largest absolute Gasteiger partial charge is 0.395 e. The fourth-order valence-corrected chi connectivity index (χ4v) is 2.24. The van der Waals surface area contributed by atoms with Crippen molar-refractivity contribution in [1.82, 2.24) is 10.2 Å². The molecule has 1 aliphatic heterocycles. The lowest BCUT2D eigenvalue weighted by atomic mass is 9.97. The molecular weight excluding hydrogens is 206 g/mol. The molecule has 0 aliphatic carbocycles. The third-order valence-electron chi connectivity index (χ3n) is 3.07. The second-order valence-electron chi connectivity index (χ2n) is 4.59. The number of aliphatic hydroxyl groups excluding tert-OH is 2. The number of β-amino-alcohol motifs (C(OH)–C–C–N with tert-alkyl or cyclic N) is 1. The van der Waals surface area contributed by atoms with Crippen LogP contribution in [0.3, 0.4) is 0 Å². The molecule has 1 rings (SSSR count). The molecule has 0 spiro atoms. The molecule has 0 saturated carbocycles. The summed E-state index contributed by atoms with van der Waals surface area (Å²) in [4.78, 5) is 2.28. The molecule has 1 aliphatic rings. The second kappa shape index (κ2) is 7.97. The van der Waals surface area contributed by atoms with Crippen LogP contribution in [0.2, 0.25) is 0 Å². The predicted molar refractivity (Wildman–Crippen MR) is 64.2 cm³/mol. The minimum absolute atomic E-state index is 0.197. The number of likely N-dealkylation sites (tertiary alicyclic amines) is 1. The van der Waals surface area contributed by atoms with Crippen LogP contribution in [0.15, 0.2) is 0 Å². The topological polar surface area (TPSA) is 81.8 Å². The van der Waals surface area contributed by atoms with E-state index in [1.807, 2.05) is 0 Å². The van der Waals surface area contributed by atoms with E-state index in [0.717, 1.165) is 19.6 Å². The number of nitrogens with one attached hydrogen (secondary N) is 1. The standard InChI is InChI=1S/C11H25N3O2/c12-6-11(16)9-14-4-1-2-10(8-14)7-13-3-5-15/h10-11,13,15-16H,1-9,12H2. The first-order valence-corrected chi connectivity index (χ1v) is 6.18. The van der Waals surface area contributed by atoms with E-state index in [1.165, 1.54) is 12.8 Å². The zero-order valence-electron chi connectivity index (χ0n) is 9.94. The van der Waals surface area contributed by atoms with Gasteiger partial charge in [-0.1, -0.05) is 0 Å². The Hall–Kier alpha value is -0.200. The van der Waals surface area contributed by atoms with Crippen LogP contribution in [0.25, 0.3) is 0 Å². The van der Waals surface area contributed by atoms with Crippen molar-refractivity contribution in [3.63, 3.8) is 0 Å². The first-order chi connectivity index (χ1) is 7.76. The summed E-state index contributed by atoms with van der Waals surface area (Å²) in [5, 5.41) is 21.4. The average Bonchev–Trinajstić information content (AvgIpc) is 2.30. The maximum Gasteiger partial charge on any atom is 0.0789 e. The number of nitrogens with two attached hydrogens (primary N) is 1. The first-order valence-electron chi connectivity index (χ1n) is 6.18. The van der Waals surface area contributed by atoms with E-state index in [-0.39, 0.29) is 6.61 Å². The van der Waals surface area contributed by atoms with Crippen LogP contribution in [0.4, 0.5) is 0 Å². The van der Waals surface area contributed by atoms with Crippen molar-refractivity contribution in [3.05, 3.63) is 0 Å². The maximum absolute atomic E-state index is 9.50. The number of rotatable bonds is 7. The van der Waals surface area contributed by atoms with Gasteiger partial charge in [0.1, 0.15) is 0 Å². The highest BCUT2D eigenvalue weighted by molar-refractivity contribution is 4.76. The summed E-state index contributed by atoms with van der Waals surface area (Å²) in [7, 11) is 0. The Morgan fingerprint density at radius 1 is 1.50 bits per heavy atom. The van der Waals surface area contributed by atoms with Gasteiger partial charge in [-0.15, -0.1) is 0 Å². The van der Waals surface area contributed by atoms with Crippen LogP contribution >= 0.6 is 0 Å². The highest BCUT2D eigenvalue weighted by Gasteiger charge is 2.20. The zero-order chi connectivity index (χ0) is 11.8. The monoisotopic (exact) mass is 231 g/mol. The SMILES string of the molecule is NCC(O)CN1CCCC(CNCCO)C1. The number of aliphatic hydroxyl groups is 2. The molecule has 0 bridgehead atoms. The molecular formula is C11H25N3O2. The van der Waals surface area contributed by atoms with E-state index in [1.54, 1.807) is 0 Å². The van der Waals surface area contributed by atoms with Gasteiger partial charge in [-0.2, -0.15) is 0 Å². The fraction of sp³-hybridized carbons (Fsp3) is 1.00. The van der Waals surface area contributed by atoms with Gasteiger partial charge >= 0.3 is 0 Å². The summed E-state index contributed by atoms with van der Waals surface area (Å²) in [6, 6.07) is 0. The Balaban J connectivity index is 2.19. The number of nitrogens with zero attached hydrogens (tertiary/aromatic N) is 1. The Morgan fingerprint density at radius 3 is 3.00 bits per heavy atom. The van der Waals surface area contributed by atoms with Crippen molar-refractivity contribution < 1.29 is 10.2 Å². The van der Waals surface area contributed by atoms with Gasteiger partial charge in [-0.05, 0) is 31.8 Å². The summed E-state index contributed by atoms with van der Waals surface area (Å²) in [5.41, 5.74) is 5.41. The van der Waals surface area contributed by atoms with Gasteiger partial charge in [0.2, 0.25) is 0 Å². The van der Waals surface area contributed by atoms with Gasteiger partial charge in [0.25, 0.3) is 0 Å². The van der Waals surface area contributed by atoms with Crippen molar-refractivity contribution >= 4 is 0 Å². The molecule has 0 radical (unpaired) electrons. The molecule has 1 saturated heterocycles. The van der Waals surface area contributed by atoms with Crippen LogP contribution in [-0.4, -0.2) is 67.1 Å². The van der Waals surface area contributed by atoms with Crippen molar-refractivity contribution in [2.75, 3.05) is 45.9 Å². The van der Waals surface area contributed by atoms with Gasteiger partial charge in [0.15, 0.2) is 0 Å². The maximum atomic E-state index is 9.50. The molecule has 2 atom stereocenters.